The number of carbonyl (C=O) groups excluding carboxylic acids is 2. The van der Waals surface area contributed by atoms with E-state index < -0.39 is 0 Å². The van der Waals surface area contributed by atoms with Crippen molar-refractivity contribution in [2.75, 3.05) is 18.1 Å². The normalized spacial score (nSPS) is 15.2. The highest BCUT2D eigenvalue weighted by Gasteiger charge is 2.21. The Bertz CT molecular complexity index is 491. The van der Waals surface area contributed by atoms with Crippen LogP contribution < -0.4 is 4.90 Å². The minimum Gasteiger partial charge on any atom is -0.463 e. The minimum absolute atomic E-state index is 0.176. The predicted molar refractivity (Wildman–Crippen MR) is 73.7 cm³/mol. The first kappa shape index (κ1) is 13.3. The first-order valence-electron chi connectivity index (χ1n) is 6.46. The van der Waals surface area contributed by atoms with Gasteiger partial charge >= 0.3 is 5.97 Å². The number of rotatable bonds is 4. The summed E-state index contributed by atoms with van der Waals surface area (Å²) in [4.78, 5) is 24.6. The second-order valence-electron chi connectivity index (χ2n) is 4.33. The lowest BCUT2D eigenvalue weighted by molar-refractivity contribution is -0.137. The molecule has 1 aliphatic heterocycles. The van der Waals surface area contributed by atoms with Gasteiger partial charge < -0.3 is 9.64 Å². The molecule has 0 radical (unpaired) electrons. The van der Waals surface area contributed by atoms with Crippen molar-refractivity contribution in [3.05, 3.63) is 35.9 Å². The fourth-order valence-corrected chi connectivity index (χ4v) is 2.04. The summed E-state index contributed by atoms with van der Waals surface area (Å²) in [6.07, 6.45) is 4.65. The predicted octanol–water partition coefficient (Wildman–Crippen LogP) is 2.39. The number of esters is 1. The molecule has 0 unspecified atom stereocenters. The van der Waals surface area contributed by atoms with Crippen molar-refractivity contribution < 1.29 is 14.3 Å². The van der Waals surface area contributed by atoms with Gasteiger partial charge in [0.1, 0.15) is 0 Å². The molecule has 1 heterocycles. The highest BCUT2D eigenvalue weighted by molar-refractivity contribution is 5.95. The maximum Gasteiger partial charge on any atom is 0.330 e. The summed E-state index contributed by atoms with van der Waals surface area (Å²) >= 11 is 0. The Labute approximate surface area is 112 Å². The van der Waals surface area contributed by atoms with E-state index in [0.717, 1.165) is 24.2 Å². The Morgan fingerprint density at radius 1 is 1.37 bits per heavy atom. The molecule has 4 heteroatoms. The molecule has 0 bridgehead atoms. The van der Waals surface area contributed by atoms with E-state index in [1.165, 1.54) is 6.08 Å². The molecule has 1 aromatic rings. The van der Waals surface area contributed by atoms with Crippen LogP contribution in [0, 0.1) is 0 Å². The second-order valence-corrected chi connectivity index (χ2v) is 4.33. The molecule has 1 aromatic carbocycles. The number of hydrogen-bond donors (Lipinski definition) is 0. The fraction of sp³-hybridized carbons (Fsp3) is 0.333. The van der Waals surface area contributed by atoms with E-state index in [-0.39, 0.29) is 11.9 Å². The number of hydrogen-bond acceptors (Lipinski definition) is 3. The standard InChI is InChI=1S/C15H17NO3/c1-2-19-15(18)10-7-12-5-8-13(9-6-12)16-11-3-4-14(16)17/h5-10H,2-4,11H2,1H3. The van der Waals surface area contributed by atoms with Crippen LogP contribution in [0.4, 0.5) is 5.69 Å². The van der Waals surface area contributed by atoms with Crippen LogP contribution in [0.5, 0.6) is 0 Å². The van der Waals surface area contributed by atoms with Gasteiger partial charge in [-0.25, -0.2) is 4.79 Å². The fourth-order valence-electron chi connectivity index (χ4n) is 2.04. The lowest BCUT2D eigenvalue weighted by atomic mass is 10.2. The molecule has 100 valence electrons. The van der Waals surface area contributed by atoms with Crippen LogP contribution >= 0.6 is 0 Å². The molecule has 2 rings (SSSR count). The lowest BCUT2D eigenvalue weighted by Crippen LogP contribution is -2.23. The molecule has 0 spiro atoms. The van der Waals surface area contributed by atoms with Crippen molar-refractivity contribution >= 4 is 23.6 Å². The highest BCUT2D eigenvalue weighted by Crippen LogP contribution is 2.21. The van der Waals surface area contributed by atoms with Crippen LogP contribution in [-0.4, -0.2) is 25.0 Å². The van der Waals surface area contributed by atoms with Crippen LogP contribution in [0.2, 0.25) is 0 Å². The van der Waals surface area contributed by atoms with Crippen molar-refractivity contribution in [2.24, 2.45) is 0 Å². The van der Waals surface area contributed by atoms with Gasteiger partial charge in [-0.05, 0) is 37.1 Å². The summed E-state index contributed by atoms with van der Waals surface area (Å²) in [7, 11) is 0. The highest BCUT2D eigenvalue weighted by atomic mass is 16.5. The average molecular weight is 259 g/mol. The van der Waals surface area contributed by atoms with E-state index in [0.29, 0.717) is 13.0 Å². The molecule has 0 N–H and O–H groups in total. The molecule has 1 aliphatic rings. The van der Waals surface area contributed by atoms with Gasteiger partial charge in [-0.1, -0.05) is 12.1 Å². The lowest BCUT2D eigenvalue weighted by Gasteiger charge is -2.15. The zero-order chi connectivity index (χ0) is 13.7. The monoisotopic (exact) mass is 259 g/mol. The van der Waals surface area contributed by atoms with Crippen LogP contribution in [0.3, 0.4) is 0 Å². The topological polar surface area (TPSA) is 46.6 Å². The zero-order valence-electron chi connectivity index (χ0n) is 11.0. The van der Waals surface area contributed by atoms with Gasteiger partial charge in [0.05, 0.1) is 6.61 Å². The maximum atomic E-state index is 11.6. The summed E-state index contributed by atoms with van der Waals surface area (Å²) in [5.41, 5.74) is 1.82. The van der Waals surface area contributed by atoms with Crippen molar-refractivity contribution in [2.45, 2.75) is 19.8 Å². The summed E-state index contributed by atoms with van der Waals surface area (Å²) < 4.78 is 4.80. The first-order chi connectivity index (χ1) is 9.20. The Kier molecular flexibility index (Phi) is 4.34. The zero-order valence-corrected chi connectivity index (χ0v) is 11.0. The molecule has 0 aliphatic carbocycles. The number of amides is 1. The van der Waals surface area contributed by atoms with Crippen molar-refractivity contribution in [1.29, 1.82) is 0 Å². The van der Waals surface area contributed by atoms with Crippen LogP contribution in [-0.2, 0) is 14.3 Å². The molecule has 19 heavy (non-hydrogen) atoms. The molecular formula is C15H17NO3. The van der Waals surface area contributed by atoms with Gasteiger partial charge in [-0.3, -0.25) is 4.79 Å². The Balaban J connectivity index is 2.02. The van der Waals surface area contributed by atoms with Crippen LogP contribution in [0.15, 0.2) is 30.3 Å². The Hall–Kier alpha value is -2.10. The van der Waals surface area contributed by atoms with Gasteiger partial charge in [-0.15, -0.1) is 0 Å². The summed E-state index contributed by atoms with van der Waals surface area (Å²) in [5.74, 6) is -0.170. The molecule has 4 nitrogen and oxygen atoms in total. The molecule has 0 saturated carbocycles. The minimum atomic E-state index is -0.346. The molecule has 0 atom stereocenters. The smallest absolute Gasteiger partial charge is 0.330 e. The molecule has 1 fully saturated rings. The third-order valence-corrected chi connectivity index (χ3v) is 2.98. The van der Waals surface area contributed by atoms with Gasteiger partial charge in [0.2, 0.25) is 5.91 Å². The quantitative estimate of drug-likeness (QED) is 0.616. The van der Waals surface area contributed by atoms with E-state index in [9.17, 15) is 9.59 Å². The Morgan fingerprint density at radius 3 is 2.68 bits per heavy atom. The third-order valence-electron chi connectivity index (χ3n) is 2.98. The first-order valence-corrected chi connectivity index (χ1v) is 6.46. The third kappa shape index (κ3) is 3.44. The number of ether oxygens (including phenoxy) is 1. The largest absolute Gasteiger partial charge is 0.463 e. The molecular weight excluding hydrogens is 242 g/mol. The van der Waals surface area contributed by atoms with Gasteiger partial charge in [-0.2, -0.15) is 0 Å². The van der Waals surface area contributed by atoms with E-state index in [1.54, 1.807) is 17.9 Å². The molecule has 1 saturated heterocycles. The molecule has 1 amide bonds. The summed E-state index contributed by atoms with van der Waals surface area (Å²) in [6, 6.07) is 7.56. The van der Waals surface area contributed by atoms with Crippen molar-refractivity contribution in [1.82, 2.24) is 0 Å². The number of nitrogens with zero attached hydrogens (tertiary/aromatic N) is 1. The van der Waals surface area contributed by atoms with E-state index in [4.69, 9.17) is 4.74 Å². The van der Waals surface area contributed by atoms with Gasteiger partial charge in [0.25, 0.3) is 0 Å². The number of anilines is 1. The average Bonchev–Trinajstić information content (AvgIpc) is 2.84. The van der Waals surface area contributed by atoms with Crippen molar-refractivity contribution in [3.63, 3.8) is 0 Å². The van der Waals surface area contributed by atoms with Gasteiger partial charge in [0, 0.05) is 24.7 Å². The van der Waals surface area contributed by atoms with Crippen LogP contribution in [0.25, 0.3) is 6.08 Å². The Morgan fingerprint density at radius 2 is 2.11 bits per heavy atom. The summed E-state index contributed by atoms with van der Waals surface area (Å²) in [5, 5.41) is 0. The number of carbonyl (C=O) groups is 2. The maximum absolute atomic E-state index is 11.6. The van der Waals surface area contributed by atoms with Crippen LogP contribution in [0.1, 0.15) is 25.3 Å². The van der Waals surface area contributed by atoms with Crippen molar-refractivity contribution in [3.8, 4) is 0 Å². The molecule has 0 aromatic heterocycles. The summed E-state index contributed by atoms with van der Waals surface area (Å²) in [6.45, 7) is 2.93. The van der Waals surface area contributed by atoms with E-state index in [1.807, 2.05) is 24.3 Å². The SMILES string of the molecule is CCOC(=O)C=Cc1ccc(N2CCCC2=O)cc1. The number of benzene rings is 1. The van der Waals surface area contributed by atoms with Gasteiger partial charge in [0.15, 0.2) is 0 Å². The second kappa shape index (κ2) is 6.18. The van der Waals surface area contributed by atoms with E-state index >= 15 is 0 Å². The van der Waals surface area contributed by atoms with E-state index in [2.05, 4.69) is 0 Å².